The van der Waals surface area contributed by atoms with E-state index in [4.69, 9.17) is 9.05 Å². The average Bonchev–Trinajstić information content (AvgIpc) is 3.28. The lowest BCUT2D eigenvalue weighted by Crippen LogP contribution is -2.29. The summed E-state index contributed by atoms with van der Waals surface area (Å²) < 4.78 is 49.1. The lowest BCUT2D eigenvalue weighted by atomic mass is 10.0. The molecule has 0 fully saturated rings. The highest BCUT2D eigenvalue weighted by Crippen LogP contribution is 2.34. The molecule has 0 amide bonds. The summed E-state index contributed by atoms with van der Waals surface area (Å²) in [4.78, 5) is 6.53. The van der Waals surface area contributed by atoms with Gasteiger partial charge in [-0.15, -0.1) is 0 Å². The molecule has 0 aliphatic carbocycles. The van der Waals surface area contributed by atoms with Crippen LogP contribution in [0.4, 0.5) is 13.2 Å². The molecule has 6 nitrogen and oxygen atoms in total. The van der Waals surface area contributed by atoms with Gasteiger partial charge >= 0.3 is 6.18 Å². The zero-order valence-electron chi connectivity index (χ0n) is 15.5. The number of alkyl halides is 3. The normalized spacial score (nSPS) is 15.2. The Labute approximate surface area is 159 Å². The maximum Gasteiger partial charge on any atom is 0.416 e. The SMILES string of the molecule is CC(C)c1noc(CN2CCc3onc(-c4ccc(C(F)(F)F)cc4)c3C2)n1. The Kier molecular flexibility index (Phi) is 4.70. The predicted octanol–water partition coefficient (Wildman–Crippen LogP) is 4.43. The van der Waals surface area contributed by atoms with Gasteiger partial charge in [-0.25, -0.2) is 0 Å². The van der Waals surface area contributed by atoms with Crippen LogP contribution in [0.1, 0.15) is 48.4 Å². The summed E-state index contributed by atoms with van der Waals surface area (Å²) in [7, 11) is 0. The van der Waals surface area contributed by atoms with Gasteiger partial charge in [0.2, 0.25) is 5.89 Å². The fourth-order valence-electron chi connectivity index (χ4n) is 3.20. The van der Waals surface area contributed by atoms with Crippen molar-refractivity contribution in [3.63, 3.8) is 0 Å². The van der Waals surface area contributed by atoms with Gasteiger partial charge < -0.3 is 9.05 Å². The molecule has 4 rings (SSSR count). The Morgan fingerprint density at radius 2 is 1.86 bits per heavy atom. The summed E-state index contributed by atoms with van der Waals surface area (Å²) in [5.41, 5.74) is 1.36. The van der Waals surface area contributed by atoms with Crippen molar-refractivity contribution in [2.24, 2.45) is 0 Å². The highest BCUT2D eigenvalue weighted by Gasteiger charge is 2.31. The Morgan fingerprint density at radius 1 is 1.11 bits per heavy atom. The second-order valence-corrected chi connectivity index (χ2v) is 7.17. The first-order chi connectivity index (χ1) is 13.3. The van der Waals surface area contributed by atoms with Crippen LogP contribution in [0.15, 0.2) is 33.3 Å². The summed E-state index contributed by atoms with van der Waals surface area (Å²) in [6, 6.07) is 4.96. The van der Waals surface area contributed by atoms with Gasteiger partial charge in [-0.1, -0.05) is 36.3 Å². The van der Waals surface area contributed by atoms with Crippen LogP contribution in [-0.4, -0.2) is 26.7 Å². The molecule has 2 aromatic heterocycles. The van der Waals surface area contributed by atoms with E-state index in [1.54, 1.807) is 0 Å². The van der Waals surface area contributed by atoms with E-state index in [0.717, 1.165) is 30.0 Å². The first kappa shape index (κ1) is 18.7. The Balaban J connectivity index is 1.53. The minimum absolute atomic E-state index is 0.190. The molecule has 1 aliphatic heterocycles. The van der Waals surface area contributed by atoms with Crippen molar-refractivity contribution < 1.29 is 22.2 Å². The molecule has 0 N–H and O–H groups in total. The lowest BCUT2D eigenvalue weighted by molar-refractivity contribution is -0.137. The van der Waals surface area contributed by atoms with Gasteiger partial charge in [0.05, 0.1) is 12.1 Å². The van der Waals surface area contributed by atoms with Crippen molar-refractivity contribution in [3.05, 3.63) is 52.9 Å². The molecule has 148 valence electrons. The van der Waals surface area contributed by atoms with Crippen LogP contribution in [0.25, 0.3) is 11.3 Å². The number of hydrogen-bond acceptors (Lipinski definition) is 6. The van der Waals surface area contributed by atoms with Gasteiger partial charge in [0.1, 0.15) is 11.5 Å². The largest absolute Gasteiger partial charge is 0.416 e. The third-order valence-corrected chi connectivity index (χ3v) is 4.75. The van der Waals surface area contributed by atoms with Crippen LogP contribution in [0.2, 0.25) is 0 Å². The van der Waals surface area contributed by atoms with Gasteiger partial charge in [-0.05, 0) is 12.1 Å². The first-order valence-corrected chi connectivity index (χ1v) is 9.01. The van der Waals surface area contributed by atoms with Crippen LogP contribution in [0.3, 0.4) is 0 Å². The second kappa shape index (κ2) is 7.05. The molecule has 0 saturated heterocycles. The Morgan fingerprint density at radius 3 is 2.50 bits per heavy atom. The van der Waals surface area contributed by atoms with Crippen molar-refractivity contribution in [1.82, 2.24) is 20.2 Å². The average molecular weight is 392 g/mol. The molecule has 0 atom stereocenters. The zero-order chi connectivity index (χ0) is 19.9. The third-order valence-electron chi connectivity index (χ3n) is 4.75. The third kappa shape index (κ3) is 3.66. The van der Waals surface area contributed by atoms with E-state index in [0.29, 0.717) is 42.5 Å². The van der Waals surface area contributed by atoms with Crippen LogP contribution >= 0.6 is 0 Å². The standard InChI is InChI=1S/C19H19F3N4O2/c1-11(2)18-23-16(28-25-18)10-26-8-7-15-14(9-26)17(24-27-15)12-3-5-13(6-4-12)19(20,21)22/h3-6,11H,7-10H2,1-2H3. The lowest BCUT2D eigenvalue weighted by Gasteiger charge is -2.24. The summed E-state index contributed by atoms with van der Waals surface area (Å²) in [6.45, 7) is 5.78. The summed E-state index contributed by atoms with van der Waals surface area (Å²) in [5.74, 6) is 2.16. The maximum atomic E-state index is 12.8. The van der Waals surface area contributed by atoms with E-state index in [1.165, 1.54) is 12.1 Å². The molecule has 28 heavy (non-hydrogen) atoms. The number of hydrogen-bond donors (Lipinski definition) is 0. The molecule has 0 radical (unpaired) electrons. The van der Waals surface area contributed by atoms with Crippen LogP contribution < -0.4 is 0 Å². The Hall–Kier alpha value is -2.68. The van der Waals surface area contributed by atoms with Crippen molar-refractivity contribution in [3.8, 4) is 11.3 Å². The first-order valence-electron chi connectivity index (χ1n) is 9.01. The topological polar surface area (TPSA) is 68.2 Å². The fourth-order valence-corrected chi connectivity index (χ4v) is 3.20. The molecule has 1 aliphatic rings. The highest BCUT2D eigenvalue weighted by molar-refractivity contribution is 5.64. The molecule has 0 saturated carbocycles. The number of aromatic nitrogens is 3. The maximum absolute atomic E-state index is 12.8. The molecule has 3 heterocycles. The summed E-state index contributed by atoms with van der Waals surface area (Å²) in [5, 5.41) is 8.07. The van der Waals surface area contributed by atoms with E-state index >= 15 is 0 Å². The van der Waals surface area contributed by atoms with Crippen LogP contribution in [-0.2, 0) is 25.7 Å². The quantitative estimate of drug-likeness (QED) is 0.655. The van der Waals surface area contributed by atoms with E-state index in [-0.39, 0.29) is 5.92 Å². The van der Waals surface area contributed by atoms with Crippen molar-refractivity contribution >= 4 is 0 Å². The summed E-state index contributed by atoms with van der Waals surface area (Å²) >= 11 is 0. The molecule has 0 unspecified atom stereocenters. The number of benzene rings is 1. The Bertz CT molecular complexity index is 960. The van der Waals surface area contributed by atoms with Gasteiger partial charge in [-0.2, -0.15) is 18.2 Å². The minimum Gasteiger partial charge on any atom is -0.360 e. The van der Waals surface area contributed by atoms with Crippen molar-refractivity contribution in [1.29, 1.82) is 0 Å². The second-order valence-electron chi connectivity index (χ2n) is 7.17. The van der Waals surface area contributed by atoms with E-state index in [9.17, 15) is 13.2 Å². The van der Waals surface area contributed by atoms with Crippen LogP contribution in [0, 0.1) is 0 Å². The molecule has 0 bridgehead atoms. The van der Waals surface area contributed by atoms with Crippen molar-refractivity contribution in [2.75, 3.05) is 6.54 Å². The minimum atomic E-state index is -4.36. The molecule has 9 heteroatoms. The van der Waals surface area contributed by atoms with Gasteiger partial charge in [0.15, 0.2) is 5.82 Å². The molecule has 1 aromatic carbocycles. The van der Waals surface area contributed by atoms with Gasteiger partial charge in [0.25, 0.3) is 0 Å². The molecular formula is C19H19F3N4O2. The smallest absolute Gasteiger partial charge is 0.360 e. The monoisotopic (exact) mass is 392 g/mol. The number of rotatable bonds is 4. The predicted molar refractivity (Wildman–Crippen MR) is 93.1 cm³/mol. The number of nitrogens with zero attached hydrogens (tertiary/aromatic N) is 4. The number of halogens is 3. The van der Waals surface area contributed by atoms with E-state index in [2.05, 4.69) is 20.2 Å². The van der Waals surface area contributed by atoms with Gasteiger partial charge in [-0.3, -0.25) is 4.90 Å². The fraction of sp³-hybridized carbons (Fsp3) is 0.421. The molecule has 3 aromatic rings. The highest BCUT2D eigenvalue weighted by atomic mass is 19.4. The van der Waals surface area contributed by atoms with Crippen molar-refractivity contribution in [2.45, 2.75) is 45.5 Å². The zero-order valence-corrected chi connectivity index (χ0v) is 15.5. The van der Waals surface area contributed by atoms with E-state index in [1.807, 2.05) is 13.8 Å². The number of fused-ring (bicyclic) bond motifs is 1. The van der Waals surface area contributed by atoms with Crippen LogP contribution in [0.5, 0.6) is 0 Å². The van der Waals surface area contributed by atoms with Gasteiger partial charge in [0, 0.05) is 36.6 Å². The summed E-state index contributed by atoms with van der Waals surface area (Å²) in [6.07, 6.45) is -3.70. The molecule has 0 spiro atoms. The van der Waals surface area contributed by atoms with E-state index < -0.39 is 11.7 Å². The molecular weight excluding hydrogens is 373 g/mol.